The van der Waals surface area contributed by atoms with Gasteiger partial charge in [-0.25, -0.2) is 0 Å². The first-order valence-corrected chi connectivity index (χ1v) is 8.07. The average molecular weight is 325 g/mol. The number of benzene rings is 1. The van der Waals surface area contributed by atoms with E-state index in [0.29, 0.717) is 6.04 Å². The molecule has 0 bridgehead atoms. The van der Waals surface area contributed by atoms with E-state index in [1.807, 2.05) is 0 Å². The molecule has 1 aliphatic heterocycles. The summed E-state index contributed by atoms with van der Waals surface area (Å²) in [6.45, 7) is 7.15. The Morgan fingerprint density at radius 1 is 1.37 bits per heavy atom. The maximum absolute atomic E-state index is 3.66. The van der Waals surface area contributed by atoms with Crippen molar-refractivity contribution in [2.45, 2.75) is 38.8 Å². The number of nitrogens with zero attached hydrogens (tertiary/aromatic N) is 1. The van der Waals surface area contributed by atoms with Crippen molar-refractivity contribution < 1.29 is 0 Å². The van der Waals surface area contributed by atoms with Crippen LogP contribution in [0.15, 0.2) is 28.7 Å². The summed E-state index contributed by atoms with van der Waals surface area (Å²) >= 11 is 3.66. The summed E-state index contributed by atoms with van der Waals surface area (Å²) < 4.78 is 1.21. The second-order valence-electron chi connectivity index (χ2n) is 5.84. The standard InChI is InChI=1S/C16H25BrN2/c1-12-10-13(2)19(11-12)9-8-16(18-3)14-6-4-5-7-15(14)17/h4-7,12-13,16,18H,8-11H2,1-3H3. The van der Waals surface area contributed by atoms with Crippen LogP contribution in [0.3, 0.4) is 0 Å². The van der Waals surface area contributed by atoms with E-state index >= 15 is 0 Å². The van der Waals surface area contributed by atoms with Crippen molar-refractivity contribution in [3.63, 3.8) is 0 Å². The minimum Gasteiger partial charge on any atom is -0.313 e. The highest BCUT2D eigenvalue weighted by Gasteiger charge is 2.26. The molecule has 1 N–H and O–H groups in total. The van der Waals surface area contributed by atoms with Crippen LogP contribution in [0.25, 0.3) is 0 Å². The molecule has 0 aromatic heterocycles. The topological polar surface area (TPSA) is 15.3 Å². The van der Waals surface area contributed by atoms with Crippen molar-refractivity contribution in [1.82, 2.24) is 10.2 Å². The van der Waals surface area contributed by atoms with Gasteiger partial charge in [-0.3, -0.25) is 0 Å². The molecule has 0 amide bonds. The zero-order valence-electron chi connectivity index (χ0n) is 12.2. The van der Waals surface area contributed by atoms with Gasteiger partial charge in [0.15, 0.2) is 0 Å². The van der Waals surface area contributed by atoms with Gasteiger partial charge >= 0.3 is 0 Å². The molecule has 1 aliphatic rings. The zero-order valence-corrected chi connectivity index (χ0v) is 13.8. The Balaban J connectivity index is 1.95. The van der Waals surface area contributed by atoms with Crippen LogP contribution < -0.4 is 5.32 Å². The molecule has 0 saturated carbocycles. The summed E-state index contributed by atoms with van der Waals surface area (Å²) in [5, 5.41) is 3.45. The number of rotatable bonds is 5. The molecule has 19 heavy (non-hydrogen) atoms. The van der Waals surface area contributed by atoms with Gasteiger partial charge in [0, 0.05) is 29.6 Å². The molecule has 0 aliphatic carbocycles. The van der Waals surface area contributed by atoms with E-state index in [4.69, 9.17) is 0 Å². The van der Waals surface area contributed by atoms with Gasteiger partial charge in [0.25, 0.3) is 0 Å². The highest BCUT2D eigenvalue weighted by Crippen LogP contribution is 2.27. The fraction of sp³-hybridized carbons (Fsp3) is 0.625. The number of hydrogen-bond acceptors (Lipinski definition) is 2. The molecule has 3 atom stereocenters. The number of nitrogens with one attached hydrogen (secondary N) is 1. The fourth-order valence-electron chi connectivity index (χ4n) is 3.21. The summed E-state index contributed by atoms with van der Waals surface area (Å²) in [6.07, 6.45) is 2.51. The lowest BCUT2D eigenvalue weighted by Gasteiger charge is -2.25. The molecular formula is C16H25BrN2. The summed E-state index contributed by atoms with van der Waals surface area (Å²) in [6, 6.07) is 9.70. The quantitative estimate of drug-likeness (QED) is 0.885. The zero-order chi connectivity index (χ0) is 13.8. The highest BCUT2D eigenvalue weighted by atomic mass is 79.9. The van der Waals surface area contributed by atoms with Crippen molar-refractivity contribution >= 4 is 15.9 Å². The number of likely N-dealkylation sites (tertiary alicyclic amines) is 1. The molecule has 0 spiro atoms. The molecule has 2 nitrogen and oxygen atoms in total. The van der Waals surface area contributed by atoms with E-state index in [9.17, 15) is 0 Å². The summed E-state index contributed by atoms with van der Waals surface area (Å²) in [5.74, 6) is 0.853. The van der Waals surface area contributed by atoms with Gasteiger partial charge in [-0.2, -0.15) is 0 Å². The van der Waals surface area contributed by atoms with Crippen LogP contribution in [-0.2, 0) is 0 Å². The van der Waals surface area contributed by atoms with Crippen LogP contribution in [0.1, 0.15) is 38.3 Å². The Kier molecular flexibility index (Phi) is 5.43. The Hall–Kier alpha value is -0.380. The predicted molar refractivity (Wildman–Crippen MR) is 85.4 cm³/mol. The van der Waals surface area contributed by atoms with E-state index < -0.39 is 0 Å². The third-order valence-corrected chi connectivity index (χ3v) is 4.97. The minimum atomic E-state index is 0.429. The van der Waals surface area contributed by atoms with E-state index in [0.717, 1.165) is 18.4 Å². The SMILES string of the molecule is CNC(CCN1CC(C)CC1C)c1ccccc1Br. The average Bonchev–Trinajstić information content (AvgIpc) is 2.70. The number of halogens is 1. The Morgan fingerprint density at radius 2 is 2.11 bits per heavy atom. The molecule has 3 unspecified atom stereocenters. The van der Waals surface area contributed by atoms with Crippen LogP contribution in [0.5, 0.6) is 0 Å². The third kappa shape index (κ3) is 3.80. The minimum absolute atomic E-state index is 0.429. The lowest BCUT2D eigenvalue weighted by atomic mass is 10.0. The number of hydrogen-bond donors (Lipinski definition) is 1. The van der Waals surface area contributed by atoms with E-state index in [1.165, 1.54) is 29.5 Å². The first-order chi connectivity index (χ1) is 9.11. The van der Waals surface area contributed by atoms with Crippen LogP contribution in [0.2, 0.25) is 0 Å². The molecule has 2 rings (SSSR count). The van der Waals surface area contributed by atoms with Gasteiger partial charge in [-0.15, -0.1) is 0 Å². The largest absolute Gasteiger partial charge is 0.313 e. The van der Waals surface area contributed by atoms with Gasteiger partial charge in [0.1, 0.15) is 0 Å². The molecule has 1 aromatic rings. The smallest absolute Gasteiger partial charge is 0.0340 e. The Bertz CT molecular complexity index is 407. The predicted octanol–water partition coefficient (Wildman–Crippen LogP) is 3.83. The second kappa shape index (κ2) is 6.87. The summed E-state index contributed by atoms with van der Waals surface area (Å²) in [5.41, 5.74) is 1.37. The molecule has 1 aromatic carbocycles. The van der Waals surface area contributed by atoms with Crippen LogP contribution >= 0.6 is 15.9 Å². The maximum Gasteiger partial charge on any atom is 0.0340 e. The van der Waals surface area contributed by atoms with Crippen LogP contribution in [0.4, 0.5) is 0 Å². The fourth-order valence-corrected chi connectivity index (χ4v) is 3.77. The highest BCUT2D eigenvalue weighted by molar-refractivity contribution is 9.10. The van der Waals surface area contributed by atoms with Crippen molar-refractivity contribution in [1.29, 1.82) is 0 Å². The third-order valence-electron chi connectivity index (χ3n) is 4.25. The maximum atomic E-state index is 3.66. The van der Waals surface area contributed by atoms with Gasteiger partial charge < -0.3 is 10.2 Å². The molecule has 1 heterocycles. The van der Waals surface area contributed by atoms with Gasteiger partial charge in [0.2, 0.25) is 0 Å². The van der Waals surface area contributed by atoms with Gasteiger partial charge in [-0.1, -0.05) is 41.1 Å². The first kappa shape index (κ1) is 15.0. The molecule has 1 fully saturated rings. The first-order valence-electron chi connectivity index (χ1n) is 7.27. The summed E-state index contributed by atoms with van der Waals surface area (Å²) in [4.78, 5) is 2.63. The van der Waals surface area contributed by atoms with Crippen molar-refractivity contribution in [3.8, 4) is 0 Å². The Morgan fingerprint density at radius 3 is 2.68 bits per heavy atom. The van der Waals surface area contributed by atoms with Crippen LogP contribution in [0, 0.1) is 5.92 Å². The van der Waals surface area contributed by atoms with E-state index in [-0.39, 0.29) is 0 Å². The second-order valence-corrected chi connectivity index (χ2v) is 6.69. The van der Waals surface area contributed by atoms with Crippen molar-refractivity contribution in [2.75, 3.05) is 20.1 Å². The summed E-state index contributed by atoms with van der Waals surface area (Å²) in [7, 11) is 2.06. The van der Waals surface area contributed by atoms with Crippen molar-refractivity contribution in [3.05, 3.63) is 34.3 Å². The van der Waals surface area contributed by atoms with Gasteiger partial charge in [-0.05, 0) is 44.4 Å². The van der Waals surface area contributed by atoms with E-state index in [2.05, 4.69) is 71.3 Å². The van der Waals surface area contributed by atoms with Gasteiger partial charge in [0.05, 0.1) is 0 Å². The molecule has 0 radical (unpaired) electrons. The lowest BCUT2D eigenvalue weighted by molar-refractivity contribution is 0.250. The normalized spacial score (nSPS) is 25.7. The molecule has 106 valence electrons. The molecule has 1 saturated heterocycles. The monoisotopic (exact) mass is 324 g/mol. The van der Waals surface area contributed by atoms with E-state index in [1.54, 1.807) is 0 Å². The molecular weight excluding hydrogens is 300 g/mol. The lowest BCUT2D eigenvalue weighted by Crippen LogP contribution is -2.31. The van der Waals surface area contributed by atoms with Crippen LogP contribution in [-0.4, -0.2) is 31.1 Å². The Labute approximate surface area is 125 Å². The van der Waals surface area contributed by atoms with Crippen molar-refractivity contribution in [2.24, 2.45) is 5.92 Å². The molecule has 3 heteroatoms.